The number of aryl methyl sites for hydroxylation is 1. The molecule has 2 N–H and O–H groups in total. The van der Waals surface area contributed by atoms with Crippen LogP contribution in [0.2, 0.25) is 0 Å². The highest BCUT2D eigenvalue weighted by Crippen LogP contribution is 2.27. The van der Waals surface area contributed by atoms with Crippen LogP contribution in [-0.2, 0) is 11.2 Å². The molecule has 0 radical (unpaired) electrons. The van der Waals surface area contributed by atoms with E-state index < -0.39 is 0 Å². The van der Waals surface area contributed by atoms with Crippen molar-refractivity contribution in [2.75, 3.05) is 50.3 Å². The van der Waals surface area contributed by atoms with Crippen LogP contribution in [0.1, 0.15) is 18.9 Å². The van der Waals surface area contributed by atoms with Crippen LogP contribution in [0.3, 0.4) is 0 Å². The summed E-state index contributed by atoms with van der Waals surface area (Å²) in [6.07, 6.45) is 3.61. The molecule has 2 rings (SSSR count). The van der Waals surface area contributed by atoms with Crippen molar-refractivity contribution in [3.63, 3.8) is 0 Å². The quantitative estimate of drug-likeness (QED) is 0.758. The Morgan fingerprint density at radius 1 is 1.12 bits per heavy atom. The van der Waals surface area contributed by atoms with Crippen molar-refractivity contribution in [3.8, 4) is 0 Å². The number of benzene rings is 1. The lowest BCUT2D eigenvalue weighted by atomic mass is 10.1. The lowest BCUT2D eigenvalue weighted by molar-refractivity contribution is -0.116. The topological polar surface area (TPSA) is 73.4 Å². The number of carbonyl (C=O) groups excluding carboxylic acids is 1. The zero-order chi connectivity index (χ0) is 19.1. The van der Waals surface area contributed by atoms with Gasteiger partial charge >= 0.3 is 0 Å². The van der Waals surface area contributed by atoms with Crippen LogP contribution in [-0.4, -0.2) is 55.5 Å². The van der Waals surface area contributed by atoms with Gasteiger partial charge in [0, 0.05) is 27.1 Å². The molecule has 7 nitrogen and oxygen atoms in total. The first kappa shape index (κ1) is 19.7. The molecule has 0 fully saturated rings. The largest absolute Gasteiger partial charge is 0.386 e. The van der Waals surface area contributed by atoms with Crippen LogP contribution in [0.4, 0.5) is 23.0 Å². The molecule has 1 aromatic heterocycles. The fraction of sp³-hybridized carbons (Fsp3) is 0.421. The molecule has 26 heavy (non-hydrogen) atoms. The predicted molar refractivity (Wildman–Crippen MR) is 107 cm³/mol. The summed E-state index contributed by atoms with van der Waals surface area (Å²) in [6, 6.07) is 8.09. The normalized spacial score (nSPS) is 10.7. The summed E-state index contributed by atoms with van der Waals surface area (Å²) in [7, 11) is 7.77. The first-order valence-corrected chi connectivity index (χ1v) is 8.69. The lowest BCUT2D eigenvalue weighted by Crippen LogP contribution is -2.24. The Labute approximate surface area is 155 Å². The Hall–Kier alpha value is -2.67. The van der Waals surface area contributed by atoms with E-state index in [1.54, 1.807) is 13.1 Å². The smallest absolute Gasteiger partial charge is 0.224 e. The number of aromatic nitrogens is 2. The fourth-order valence-corrected chi connectivity index (χ4v) is 2.56. The van der Waals surface area contributed by atoms with E-state index in [9.17, 15) is 4.79 Å². The molecule has 0 saturated carbocycles. The van der Waals surface area contributed by atoms with Crippen molar-refractivity contribution in [2.45, 2.75) is 19.8 Å². The van der Waals surface area contributed by atoms with Crippen molar-refractivity contribution < 1.29 is 4.79 Å². The third-order valence-corrected chi connectivity index (χ3v) is 4.16. The maximum Gasteiger partial charge on any atom is 0.224 e. The number of rotatable bonds is 8. The van der Waals surface area contributed by atoms with Gasteiger partial charge in [-0.25, -0.2) is 9.97 Å². The maximum absolute atomic E-state index is 11.5. The first-order chi connectivity index (χ1) is 12.4. The minimum atomic E-state index is -0.0763. The molecule has 0 bridgehead atoms. The molecule has 7 heteroatoms. The van der Waals surface area contributed by atoms with Gasteiger partial charge in [-0.2, -0.15) is 0 Å². The summed E-state index contributed by atoms with van der Waals surface area (Å²) in [5.41, 5.74) is 3.23. The summed E-state index contributed by atoms with van der Waals surface area (Å²) in [5.74, 6) is 1.12. The van der Waals surface area contributed by atoms with Crippen molar-refractivity contribution in [1.82, 2.24) is 14.9 Å². The number of anilines is 4. The van der Waals surface area contributed by atoms with E-state index in [-0.39, 0.29) is 5.91 Å². The van der Waals surface area contributed by atoms with Crippen LogP contribution >= 0.6 is 0 Å². The molecule has 0 aliphatic rings. The van der Waals surface area contributed by atoms with Gasteiger partial charge < -0.3 is 20.4 Å². The Kier molecular flexibility index (Phi) is 6.91. The third-order valence-electron chi connectivity index (χ3n) is 4.16. The SMILES string of the molecule is CNc1cc(CCCN(C)C)ccc1Nc1cc(N(C)C(C)=O)ncn1. The van der Waals surface area contributed by atoms with Crippen molar-refractivity contribution in [2.24, 2.45) is 0 Å². The van der Waals surface area contributed by atoms with Gasteiger partial charge in [0.15, 0.2) is 0 Å². The van der Waals surface area contributed by atoms with Crippen molar-refractivity contribution >= 4 is 28.9 Å². The Balaban J connectivity index is 2.14. The van der Waals surface area contributed by atoms with E-state index in [0.29, 0.717) is 11.6 Å². The molecule has 2 aromatic rings. The minimum absolute atomic E-state index is 0.0763. The second-order valence-electron chi connectivity index (χ2n) is 6.50. The van der Waals surface area contributed by atoms with E-state index in [1.807, 2.05) is 13.1 Å². The molecule has 1 amide bonds. The summed E-state index contributed by atoms with van der Waals surface area (Å²) in [4.78, 5) is 23.6. The highest BCUT2D eigenvalue weighted by atomic mass is 16.2. The molecule has 1 heterocycles. The molecule has 0 spiro atoms. The van der Waals surface area contributed by atoms with Crippen LogP contribution < -0.4 is 15.5 Å². The molecule has 0 saturated heterocycles. The van der Waals surface area contributed by atoms with Gasteiger partial charge in [0.2, 0.25) is 5.91 Å². The molecule has 0 unspecified atom stereocenters. The molecule has 1 aromatic carbocycles. The zero-order valence-corrected chi connectivity index (χ0v) is 16.2. The van der Waals surface area contributed by atoms with Gasteiger partial charge in [-0.05, 0) is 51.2 Å². The van der Waals surface area contributed by atoms with Crippen LogP contribution in [0.5, 0.6) is 0 Å². The van der Waals surface area contributed by atoms with E-state index in [4.69, 9.17) is 0 Å². The maximum atomic E-state index is 11.5. The Bertz CT molecular complexity index is 747. The zero-order valence-electron chi connectivity index (χ0n) is 16.2. The molecule has 0 atom stereocenters. The second-order valence-corrected chi connectivity index (χ2v) is 6.50. The minimum Gasteiger partial charge on any atom is -0.386 e. The van der Waals surface area contributed by atoms with E-state index in [2.05, 4.69) is 51.7 Å². The number of hydrogen-bond donors (Lipinski definition) is 2. The van der Waals surface area contributed by atoms with Gasteiger partial charge in [-0.3, -0.25) is 4.79 Å². The van der Waals surface area contributed by atoms with E-state index >= 15 is 0 Å². The van der Waals surface area contributed by atoms with Gasteiger partial charge in [0.25, 0.3) is 0 Å². The number of hydrogen-bond acceptors (Lipinski definition) is 6. The number of carbonyl (C=O) groups is 1. The van der Waals surface area contributed by atoms with Gasteiger partial charge in [0.1, 0.15) is 18.0 Å². The Morgan fingerprint density at radius 3 is 2.54 bits per heavy atom. The molecular formula is C19H28N6O. The van der Waals surface area contributed by atoms with Crippen molar-refractivity contribution in [3.05, 3.63) is 36.2 Å². The fourth-order valence-electron chi connectivity index (χ4n) is 2.56. The lowest BCUT2D eigenvalue weighted by Gasteiger charge is -2.16. The number of amides is 1. The first-order valence-electron chi connectivity index (χ1n) is 8.69. The van der Waals surface area contributed by atoms with E-state index in [1.165, 1.54) is 23.7 Å². The molecule has 0 aliphatic carbocycles. The second kappa shape index (κ2) is 9.15. The van der Waals surface area contributed by atoms with Crippen LogP contribution in [0.15, 0.2) is 30.6 Å². The third kappa shape index (κ3) is 5.42. The Morgan fingerprint density at radius 2 is 1.88 bits per heavy atom. The van der Waals surface area contributed by atoms with Crippen LogP contribution in [0.25, 0.3) is 0 Å². The monoisotopic (exact) mass is 356 g/mol. The summed E-state index contributed by atoms with van der Waals surface area (Å²) >= 11 is 0. The summed E-state index contributed by atoms with van der Waals surface area (Å²) < 4.78 is 0. The number of nitrogens with zero attached hydrogens (tertiary/aromatic N) is 4. The predicted octanol–water partition coefficient (Wildman–Crippen LogP) is 2.74. The molecular weight excluding hydrogens is 328 g/mol. The molecule has 0 aliphatic heterocycles. The highest BCUT2D eigenvalue weighted by Gasteiger charge is 2.10. The average molecular weight is 356 g/mol. The van der Waals surface area contributed by atoms with Gasteiger partial charge in [0.05, 0.1) is 11.4 Å². The highest BCUT2D eigenvalue weighted by molar-refractivity contribution is 5.90. The standard InChI is InChI=1S/C19H28N6O/c1-14(26)25(5)19-12-18(21-13-22-19)23-16-9-8-15(11-17(16)20-2)7-6-10-24(3)4/h8-9,11-13,20H,6-7,10H2,1-5H3,(H,21,22,23). The van der Waals surface area contributed by atoms with E-state index in [0.717, 1.165) is 30.8 Å². The number of nitrogens with one attached hydrogen (secondary N) is 2. The van der Waals surface area contributed by atoms with Gasteiger partial charge in [-0.1, -0.05) is 6.07 Å². The average Bonchev–Trinajstić information content (AvgIpc) is 2.62. The van der Waals surface area contributed by atoms with Crippen molar-refractivity contribution in [1.29, 1.82) is 0 Å². The summed E-state index contributed by atoms with van der Waals surface area (Å²) in [5, 5.41) is 6.53. The molecule has 140 valence electrons. The summed E-state index contributed by atoms with van der Waals surface area (Å²) in [6.45, 7) is 2.58. The van der Waals surface area contributed by atoms with Gasteiger partial charge in [-0.15, -0.1) is 0 Å². The van der Waals surface area contributed by atoms with Crippen LogP contribution in [0, 0.1) is 0 Å².